The maximum Gasteiger partial charge on any atom is 0.321 e. The Hall–Kier alpha value is -2.93. The number of hydrogen-bond acceptors (Lipinski definition) is 5. The Balaban J connectivity index is 2.04. The van der Waals surface area contributed by atoms with Crippen molar-refractivity contribution in [1.82, 2.24) is 10.3 Å². The highest BCUT2D eigenvalue weighted by Gasteiger charge is 2.26. The molecule has 0 spiro atoms. The molecule has 0 saturated heterocycles. The molecule has 1 aromatic heterocycles. The van der Waals surface area contributed by atoms with E-state index in [0.29, 0.717) is 18.8 Å². The smallest absolute Gasteiger partial charge is 0.321 e. The van der Waals surface area contributed by atoms with E-state index < -0.39 is 24.0 Å². The summed E-state index contributed by atoms with van der Waals surface area (Å²) in [6, 6.07) is 8.96. The Morgan fingerprint density at radius 3 is 2.32 bits per heavy atom. The number of carbonyl (C=O) groups is 2. The molecular weight excluding hydrogens is 360 g/mol. The number of carboxylic acid groups (broad SMARTS) is 2. The van der Waals surface area contributed by atoms with Gasteiger partial charge < -0.3 is 14.9 Å². The molecular formula is C21H26N2O5. The van der Waals surface area contributed by atoms with E-state index in [0.717, 1.165) is 11.1 Å². The maximum absolute atomic E-state index is 11.7. The van der Waals surface area contributed by atoms with Crippen molar-refractivity contribution in [3.05, 3.63) is 59.9 Å². The number of pyridine rings is 1. The highest BCUT2D eigenvalue weighted by atomic mass is 16.5. The van der Waals surface area contributed by atoms with Crippen LogP contribution in [0.2, 0.25) is 0 Å². The average Bonchev–Trinajstić information content (AvgIpc) is 2.66. The number of hydrogen-bond donors (Lipinski definition) is 3. The van der Waals surface area contributed by atoms with Crippen LogP contribution < -0.4 is 10.1 Å². The normalized spacial score (nSPS) is 13.1. The summed E-state index contributed by atoms with van der Waals surface area (Å²) in [5, 5.41) is 21.7. The first kappa shape index (κ1) is 21.4. The van der Waals surface area contributed by atoms with E-state index in [1.165, 1.54) is 0 Å². The highest BCUT2D eigenvalue weighted by Crippen LogP contribution is 2.17. The van der Waals surface area contributed by atoms with Crippen LogP contribution >= 0.6 is 0 Å². The SMILES string of the molecule is CC(C)CC(NC(Cc1cccc(OCc2ccncc2)c1)C(=O)O)C(=O)O. The van der Waals surface area contributed by atoms with E-state index in [1.54, 1.807) is 36.7 Å². The van der Waals surface area contributed by atoms with Crippen LogP contribution in [0.25, 0.3) is 0 Å². The third kappa shape index (κ3) is 7.00. The van der Waals surface area contributed by atoms with Gasteiger partial charge in [0.1, 0.15) is 24.4 Å². The van der Waals surface area contributed by atoms with E-state index in [4.69, 9.17) is 4.74 Å². The largest absolute Gasteiger partial charge is 0.489 e. The summed E-state index contributed by atoms with van der Waals surface area (Å²) < 4.78 is 5.76. The van der Waals surface area contributed by atoms with Gasteiger partial charge in [0.05, 0.1) is 0 Å². The highest BCUT2D eigenvalue weighted by molar-refractivity contribution is 5.77. The second-order valence-electron chi connectivity index (χ2n) is 7.07. The minimum Gasteiger partial charge on any atom is -0.489 e. The van der Waals surface area contributed by atoms with Gasteiger partial charge in [0, 0.05) is 12.4 Å². The number of aromatic nitrogens is 1. The van der Waals surface area contributed by atoms with Crippen molar-refractivity contribution in [3.63, 3.8) is 0 Å². The lowest BCUT2D eigenvalue weighted by Gasteiger charge is -2.22. The van der Waals surface area contributed by atoms with Crippen LogP contribution in [0.3, 0.4) is 0 Å². The molecule has 0 aliphatic heterocycles. The van der Waals surface area contributed by atoms with Crippen molar-refractivity contribution >= 4 is 11.9 Å². The van der Waals surface area contributed by atoms with Gasteiger partial charge in [-0.2, -0.15) is 0 Å². The van der Waals surface area contributed by atoms with Crippen LogP contribution in [0.4, 0.5) is 0 Å². The van der Waals surface area contributed by atoms with Gasteiger partial charge in [-0.15, -0.1) is 0 Å². The Kier molecular flexibility index (Phi) is 7.95. The molecule has 0 radical (unpaired) electrons. The van der Waals surface area contributed by atoms with Crippen molar-refractivity contribution in [2.24, 2.45) is 5.92 Å². The Morgan fingerprint density at radius 2 is 1.71 bits per heavy atom. The summed E-state index contributed by atoms with van der Waals surface area (Å²) in [7, 11) is 0. The molecule has 2 atom stereocenters. The average molecular weight is 386 g/mol. The number of benzene rings is 1. The van der Waals surface area contributed by atoms with Crippen LogP contribution in [-0.4, -0.2) is 39.2 Å². The predicted molar refractivity (Wildman–Crippen MR) is 104 cm³/mol. The molecule has 2 rings (SSSR count). The van der Waals surface area contributed by atoms with E-state index in [2.05, 4.69) is 10.3 Å². The van der Waals surface area contributed by atoms with Crippen molar-refractivity contribution in [2.75, 3.05) is 0 Å². The Labute approximate surface area is 164 Å². The van der Waals surface area contributed by atoms with Crippen molar-refractivity contribution in [3.8, 4) is 5.75 Å². The Morgan fingerprint density at radius 1 is 1.04 bits per heavy atom. The number of nitrogens with zero attached hydrogens (tertiary/aromatic N) is 1. The molecule has 1 aromatic carbocycles. The monoisotopic (exact) mass is 386 g/mol. The second kappa shape index (κ2) is 10.4. The van der Waals surface area contributed by atoms with Gasteiger partial charge in [-0.25, -0.2) is 0 Å². The van der Waals surface area contributed by atoms with Crippen LogP contribution in [0, 0.1) is 5.92 Å². The van der Waals surface area contributed by atoms with Gasteiger partial charge in [-0.05, 0) is 54.2 Å². The lowest BCUT2D eigenvalue weighted by molar-refractivity contribution is -0.142. The van der Waals surface area contributed by atoms with Gasteiger partial charge in [0.25, 0.3) is 0 Å². The topological polar surface area (TPSA) is 109 Å². The number of carboxylic acids is 2. The lowest BCUT2D eigenvalue weighted by Crippen LogP contribution is -2.48. The third-order valence-electron chi connectivity index (χ3n) is 4.20. The minimum atomic E-state index is -1.09. The fraction of sp³-hybridized carbons (Fsp3) is 0.381. The van der Waals surface area contributed by atoms with E-state index in [9.17, 15) is 19.8 Å². The van der Waals surface area contributed by atoms with Crippen LogP contribution in [0.15, 0.2) is 48.8 Å². The van der Waals surface area contributed by atoms with E-state index >= 15 is 0 Å². The van der Waals surface area contributed by atoms with Crippen molar-refractivity contribution in [2.45, 2.75) is 45.4 Å². The van der Waals surface area contributed by atoms with E-state index in [1.807, 2.05) is 26.0 Å². The maximum atomic E-state index is 11.7. The lowest BCUT2D eigenvalue weighted by atomic mass is 10.0. The molecule has 2 aromatic rings. The molecule has 0 bridgehead atoms. The standard InChI is InChI=1S/C21H26N2O5/c1-14(2)10-18(20(24)25)23-19(21(26)27)12-16-4-3-5-17(11-16)28-13-15-6-8-22-9-7-15/h3-9,11,14,18-19,23H,10,12-13H2,1-2H3,(H,24,25)(H,26,27). The predicted octanol–water partition coefficient (Wildman–Crippen LogP) is 2.75. The summed E-state index contributed by atoms with van der Waals surface area (Å²) in [6.07, 6.45) is 3.89. The van der Waals surface area contributed by atoms with Gasteiger partial charge >= 0.3 is 11.9 Å². The fourth-order valence-electron chi connectivity index (χ4n) is 2.82. The zero-order valence-corrected chi connectivity index (χ0v) is 16.0. The zero-order chi connectivity index (χ0) is 20.5. The van der Waals surface area contributed by atoms with Gasteiger partial charge in [-0.3, -0.25) is 19.9 Å². The minimum absolute atomic E-state index is 0.132. The van der Waals surface area contributed by atoms with Gasteiger partial charge in [0.2, 0.25) is 0 Å². The zero-order valence-electron chi connectivity index (χ0n) is 16.0. The van der Waals surface area contributed by atoms with Crippen LogP contribution in [0.5, 0.6) is 5.75 Å². The first-order valence-electron chi connectivity index (χ1n) is 9.17. The second-order valence-corrected chi connectivity index (χ2v) is 7.07. The molecule has 0 aliphatic carbocycles. The molecule has 0 saturated carbocycles. The summed E-state index contributed by atoms with van der Waals surface area (Å²) in [4.78, 5) is 27.0. The van der Waals surface area contributed by atoms with Crippen LogP contribution in [0.1, 0.15) is 31.4 Å². The molecule has 3 N–H and O–H groups in total. The molecule has 0 amide bonds. The van der Waals surface area contributed by atoms with Crippen molar-refractivity contribution < 1.29 is 24.5 Å². The molecule has 150 valence electrons. The van der Waals surface area contributed by atoms with Gasteiger partial charge in [-0.1, -0.05) is 26.0 Å². The summed E-state index contributed by atoms with van der Waals surface area (Å²) >= 11 is 0. The fourth-order valence-corrected chi connectivity index (χ4v) is 2.82. The molecule has 0 fully saturated rings. The molecule has 2 unspecified atom stereocenters. The Bertz CT molecular complexity index is 779. The molecule has 7 nitrogen and oxygen atoms in total. The quantitative estimate of drug-likeness (QED) is 0.545. The first-order chi connectivity index (χ1) is 13.3. The number of rotatable bonds is 11. The number of ether oxygens (including phenoxy) is 1. The third-order valence-corrected chi connectivity index (χ3v) is 4.20. The summed E-state index contributed by atoms with van der Waals surface area (Å²) in [5.74, 6) is -1.38. The van der Waals surface area contributed by atoms with E-state index in [-0.39, 0.29) is 12.3 Å². The molecule has 7 heteroatoms. The van der Waals surface area contributed by atoms with Crippen molar-refractivity contribution in [1.29, 1.82) is 0 Å². The van der Waals surface area contributed by atoms with Gasteiger partial charge in [0.15, 0.2) is 0 Å². The molecule has 1 heterocycles. The summed E-state index contributed by atoms with van der Waals surface area (Å²) in [5.41, 5.74) is 1.73. The number of aliphatic carboxylic acids is 2. The molecule has 0 aliphatic rings. The molecule has 28 heavy (non-hydrogen) atoms. The summed E-state index contributed by atoms with van der Waals surface area (Å²) in [6.45, 7) is 4.18. The van der Waals surface area contributed by atoms with Crippen LogP contribution in [-0.2, 0) is 22.6 Å². The number of nitrogens with one attached hydrogen (secondary N) is 1. The first-order valence-corrected chi connectivity index (χ1v) is 9.17.